The monoisotopic (exact) mass is 718 g/mol. The Bertz CT molecular complexity index is 3140. The first-order valence-corrected chi connectivity index (χ1v) is 18.9. The molecule has 0 saturated carbocycles. The maximum atomic E-state index is 5.21. The minimum atomic E-state index is -0.398. The number of hydrogen-bond acceptors (Lipinski definition) is 4. The van der Waals surface area contributed by atoms with Gasteiger partial charge in [-0.2, -0.15) is 0 Å². The van der Waals surface area contributed by atoms with E-state index in [2.05, 4.69) is 178 Å². The molecule has 11 rings (SSSR count). The van der Waals surface area contributed by atoms with Crippen LogP contribution >= 0.6 is 0 Å². The first-order valence-electron chi connectivity index (χ1n) is 18.9. The zero-order chi connectivity index (χ0) is 37.0. The van der Waals surface area contributed by atoms with Gasteiger partial charge in [-0.25, -0.2) is 15.0 Å². The van der Waals surface area contributed by atoms with Gasteiger partial charge in [-0.05, 0) is 53.6 Å². The lowest BCUT2D eigenvalue weighted by atomic mass is 10.0. The van der Waals surface area contributed by atoms with Gasteiger partial charge in [0.2, 0.25) is 0 Å². The third-order valence-corrected chi connectivity index (χ3v) is 10.8. The SMILES string of the molecule is c1ccc(C2=NC(c3cccc(-c4ccccc4)c3)=NC(c3ccc(-n4c5ccccc5c5ccc6c7ccccc7n(-c7ccccc7)c6c54)nc3)N2)cc1. The van der Waals surface area contributed by atoms with Gasteiger partial charge >= 0.3 is 0 Å². The van der Waals surface area contributed by atoms with Crippen molar-refractivity contribution in [1.29, 1.82) is 0 Å². The number of pyridine rings is 1. The van der Waals surface area contributed by atoms with Crippen LogP contribution in [0.4, 0.5) is 0 Å². The van der Waals surface area contributed by atoms with Crippen LogP contribution in [0.2, 0.25) is 0 Å². The van der Waals surface area contributed by atoms with Crippen molar-refractivity contribution >= 4 is 55.3 Å². The van der Waals surface area contributed by atoms with Crippen molar-refractivity contribution < 1.29 is 0 Å². The van der Waals surface area contributed by atoms with Gasteiger partial charge < -0.3 is 9.88 Å². The van der Waals surface area contributed by atoms with E-state index in [9.17, 15) is 0 Å². The second kappa shape index (κ2) is 13.1. The van der Waals surface area contributed by atoms with Crippen molar-refractivity contribution in [2.45, 2.75) is 6.17 Å². The fourth-order valence-corrected chi connectivity index (χ4v) is 8.24. The second-order valence-electron chi connectivity index (χ2n) is 14.1. The first kappa shape index (κ1) is 31.9. The molecule has 1 unspecified atom stereocenters. The molecule has 3 aromatic heterocycles. The molecule has 1 aliphatic heterocycles. The molecular formula is C50H34N6. The molecule has 0 fully saturated rings. The number of aromatic nitrogens is 3. The molecule has 7 aromatic carbocycles. The largest absolute Gasteiger partial charge is 0.344 e. The van der Waals surface area contributed by atoms with Crippen LogP contribution in [0.5, 0.6) is 0 Å². The van der Waals surface area contributed by atoms with Crippen LogP contribution in [-0.2, 0) is 0 Å². The van der Waals surface area contributed by atoms with Crippen LogP contribution in [0.3, 0.4) is 0 Å². The molecule has 0 radical (unpaired) electrons. The Labute approximate surface area is 323 Å². The van der Waals surface area contributed by atoms with E-state index < -0.39 is 6.17 Å². The summed E-state index contributed by atoms with van der Waals surface area (Å²) in [5.41, 5.74) is 10.8. The Kier molecular flexibility index (Phi) is 7.45. The molecule has 0 aliphatic carbocycles. The summed E-state index contributed by atoms with van der Waals surface area (Å²) in [6, 6.07) is 65.9. The predicted octanol–water partition coefficient (Wildman–Crippen LogP) is 11.4. The quantitative estimate of drug-likeness (QED) is 0.186. The molecule has 0 saturated heterocycles. The Morgan fingerprint density at radius 2 is 1.02 bits per heavy atom. The van der Waals surface area contributed by atoms with Crippen LogP contribution in [-0.4, -0.2) is 25.8 Å². The van der Waals surface area contributed by atoms with E-state index in [4.69, 9.17) is 15.0 Å². The highest BCUT2D eigenvalue weighted by molar-refractivity contribution is 6.23. The molecule has 56 heavy (non-hydrogen) atoms. The molecule has 6 heteroatoms. The summed E-state index contributed by atoms with van der Waals surface area (Å²) >= 11 is 0. The summed E-state index contributed by atoms with van der Waals surface area (Å²) in [7, 11) is 0. The van der Waals surface area contributed by atoms with E-state index in [1.807, 2.05) is 30.5 Å². The average molecular weight is 719 g/mol. The van der Waals surface area contributed by atoms with Crippen LogP contribution in [0, 0.1) is 0 Å². The highest BCUT2D eigenvalue weighted by atomic mass is 15.2. The average Bonchev–Trinajstić information content (AvgIpc) is 3.80. The maximum absolute atomic E-state index is 5.21. The van der Waals surface area contributed by atoms with Crippen molar-refractivity contribution in [2.75, 3.05) is 0 Å². The zero-order valence-corrected chi connectivity index (χ0v) is 30.3. The van der Waals surface area contributed by atoms with Crippen LogP contribution in [0.1, 0.15) is 22.9 Å². The first-order chi connectivity index (χ1) is 27.8. The third kappa shape index (κ3) is 5.22. The predicted molar refractivity (Wildman–Crippen MR) is 230 cm³/mol. The number of rotatable bonds is 6. The number of nitrogens with one attached hydrogen (secondary N) is 1. The maximum Gasteiger partial charge on any atom is 0.159 e. The molecule has 264 valence electrons. The van der Waals surface area contributed by atoms with Gasteiger partial charge in [0, 0.05) is 50.1 Å². The van der Waals surface area contributed by atoms with E-state index in [0.29, 0.717) is 5.84 Å². The molecule has 0 bridgehead atoms. The molecule has 1 aliphatic rings. The summed E-state index contributed by atoms with van der Waals surface area (Å²) < 4.78 is 4.72. The topological polar surface area (TPSA) is 59.5 Å². The van der Waals surface area contributed by atoms with Gasteiger partial charge in [-0.1, -0.05) is 146 Å². The number of aliphatic imine (C=N–C) groups is 2. The highest BCUT2D eigenvalue weighted by Crippen LogP contribution is 2.41. The number of fused-ring (bicyclic) bond motifs is 7. The van der Waals surface area contributed by atoms with E-state index in [0.717, 1.165) is 61.7 Å². The summed E-state index contributed by atoms with van der Waals surface area (Å²) in [5, 5.41) is 8.41. The lowest BCUT2D eigenvalue weighted by Gasteiger charge is -2.24. The summed E-state index contributed by atoms with van der Waals surface area (Å²) in [5.74, 6) is 2.28. The van der Waals surface area contributed by atoms with E-state index in [-0.39, 0.29) is 0 Å². The second-order valence-corrected chi connectivity index (χ2v) is 14.1. The molecule has 6 nitrogen and oxygen atoms in total. The number of nitrogens with zero attached hydrogens (tertiary/aromatic N) is 5. The fourth-order valence-electron chi connectivity index (χ4n) is 8.24. The number of para-hydroxylation sites is 3. The highest BCUT2D eigenvalue weighted by Gasteiger charge is 2.24. The smallest absolute Gasteiger partial charge is 0.159 e. The summed E-state index contributed by atoms with van der Waals surface area (Å²) in [6.07, 6.45) is 1.56. The molecule has 1 atom stereocenters. The van der Waals surface area contributed by atoms with Crippen molar-refractivity contribution in [3.05, 3.63) is 211 Å². The Hall–Kier alpha value is -7.57. The van der Waals surface area contributed by atoms with Gasteiger partial charge in [0.25, 0.3) is 0 Å². The van der Waals surface area contributed by atoms with Gasteiger partial charge in [-0.15, -0.1) is 0 Å². The van der Waals surface area contributed by atoms with Crippen LogP contribution < -0.4 is 5.32 Å². The van der Waals surface area contributed by atoms with Gasteiger partial charge in [-0.3, -0.25) is 4.57 Å². The van der Waals surface area contributed by atoms with E-state index in [1.165, 1.54) is 27.1 Å². The van der Waals surface area contributed by atoms with Crippen molar-refractivity contribution in [3.8, 4) is 22.6 Å². The molecular weight excluding hydrogens is 685 g/mol. The number of benzene rings is 7. The lowest BCUT2D eigenvalue weighted by Crippen LogP contribution is -2.33. The van der Waals surface area contributed by atoms with Crippen molar-refractivity contribution in [3.63, 3.8) is 0 Å². The number of hydrogen-bond donors (Lipinski definition) is 1. The lowest BCUT2D eigenvalue weighted by molar-refractivity contribution is 0.670. The summed E-state index contributed by atoms with van der Waals surface area (Å²) in [6.45, 7) is 0. The molecule has 1 N–H and O–H groups in total. The van der Waals surface area contributed by atoms with Crippen molar-refractivity contribution in [1.82, 2.24) is 19.4 Å². The standard InChI is InChI=1S/C50H34N6/c1-4-15-33(16-5-1)35-19-14-20-36(31-35)49-52-48(34-17-6-2-7-18-34)53-50(54-49)37-27-30-45(51-32-37)56-44-26-13-11-24-40(44)42-29-28-41-39-23-10-12-25-43(39)55(46(41)47(42)56)38-21-8-3-9-22-38/h1-32,50H,(H,52,53,54). The van der Waals surface area contributed by atoms with E-state index in [1.54, 1.807) is 0 Å². The minimum Gasteiger partial charge on any atom is -0.344 e. The third-order valence-electron chi connectivity index (χ3n) is 10.8. The van der Waals surface area contributed by atoms with Crippen LogP contribution in [0.25, 0.3) is 66.2 Å². The zero-order valence-electron chi connectivity index (χ0n) is 30.3. The molecule has 10 aromatic rings. The van der Waals surface area contributed by atoms with Crippen molar-refractivity contribution in [2.24, 2.45) is 9.98 Å². The molecule has 0 spiro atoms. The Balaban J connectivity index is 1.07. The van der Waals surface area contributed by atoms with E-state index >= 15 is 0 Å². The molecule has 4 heterocycles. The Morgan fingerprint density at radius 1 is 0.446 bits per heavy atom. The van der Waals surface area contributed by atoms with Crippen LogP contribution in [0.15, 0.2) is 204 Å². The minimum absolute atomic E-state index is 0.398. The van der Waals surface area contributed by atoms with Gasteiger partial charge in [0.05, 0.1) is 22.1 Å². The number of amidine groups is 2. The fraction of sp³-hybridized carbons (Fsp3) is 0.0200. The normalized spacial score (nSPS) is 14.2. The molecule has 0 amide bonds. The Morgan fingerprint density at radius 3 is 1.70 bits per heavy atom. The van der Waals surface area contributed by atoms with Gasteiger partial charge in [0.1, 0.15) is 17.8 Å². The summed E-state index contributed by atoms with van der Waals surface area (Å²) in [4.78, 5) is 15.5. The van der Waals surface area contributed by atoms with Gasteiger partial charge in [0.15, 0.2) is 5.84 Å².